The van der Waals surface area contributed by atoms with Gasteiger partial charge in [-0.1, -0.05) is 12.1 Å². The number of benzene rings is 1. The first-order valence-corrected chi connectivity index (χ1v) is 9.35. The molecule has 0 unspecified atom stereocenters. The van der Waals surface area contributed by atoms with Gasteiger partial charge in [-0.2, -0.15) is 13.2 Å². The van der Waals surface area contributed by atoms with Crippen LogP contribution in [-0.4, -0.2) is 40.9 Å². The molecule has 136 valence electrons. The summed E-state index contributed by atoms with van der Waals surface area (Å²) in [6, 6.07) is 6.00. The lowest BCUT2D eigenvalue weighted by Crippen LogP contribution is -2.48. The molecule has 1 amide bonds. The fourth-order valence-corrected chi connectivity index (χ4v) is 5.17. The van der Waals surface area contributed by atoms with Crippen LogP contribution in [-0.2, 0) is 27.4 Å². The molecule has 1 aliphatic heterocycles. The van der Waals surface area contributed by atoms with Crippen molar-refractivity contribution in [2.75, 3.05) is 11.5 Å². The van der Waals surface area contributed by atoms with Crippen LogP contribution in [0.3, 0.4) is 0 Å². The number of sulfone groups is 1. The zero-order valence-corrected chi connectivity index (χ0v) is 14.1. The number of alkyl halides is 3. The zero-order chi connectivity index (χ0) is 18.5. The number of hydrogen-bond donors (Lipinski definition) is 1. The number of nitrogens with one attached hydrogen (secondary N) is 1. The Morgan fingerprint density at radius 2 is 2.04 bits per heavy atom. The number of fused-ring (bicyclic) bond motifs is 1. The molecule has 1 fully saturated rings. The highest BCUT2D eigenvalue weighted by Crippen LogP contribution is 2.31. The molecule has 0 saturated carbocycles. The minimum Gasteiger partial charge on any atom is -0.348 e. The van der Waals surface area contributed by atoms with Gasteiger partial charge >= 0.3 is 6.18 Å². The highest BCUT2D eigenvalue weighted by molar-refractivity contribution is 7.91. The van der Waals surface area contributed by atoms with E-state index in [2.05, 4.69) is 10.3 Å². The van der Waals surface area contributed by atoms with Gasteiger partial charge in [0.2, 0.25) is 11.7 Å². The number of hydrogen-bond acceptors (Lipinski definition) is 4. The van der Waals surface area contributed by atoms with Crippen LogP contribution in [0.2, 0.25) is 0 Å². The van der Waals surface area contributed by atoms with E-state index in [9.17, 15) is 26.4 Å². The summed E-state index contributed by atoms with van der Waals surface area (Å²) in [5.74, 6) is -2.12. The van der Waals surface area contributed by atoms with Gasteiger partial charge in [-0.3, -0.25) is 4.79 Å². The average molecular weight is 375 g/mol. The Morgan fingerprint density at radius 3 is 2.64 bits per heavy atom. The maximum Gasteiger partial charge on any atom is 0.449 e. The summed E-state index contributed by atoms with van der Waals surface area (Å²) in [5, 5.41) is 2.56. The first kappa shape index (κ1) is 17.7. The van der Waals surface area contributed by atoms with Crippen LogP contribution in [0.4, 0.5) is 13.2 Å². The van der Waals surface area contributed by atoms with E-state index in [0.717, 1.165) is 4.57 Å². The topological polar surface area (TPSA) is 81.1 Å². The maximum atomic E-state index is 13.2. The van der Waals surface area contributed by atoms with E-state index in [1.54, 1.807) is 19.1 Å². The predicted octanol–water partition coefficient (Wildman–Crippen LogP) is 1.75. The van der Waals surface area contributed by atoms with Crippen LogP contribution in [0.25, 0.3) is 11.0 Å². The summed E-state index contributed by atoms with van der Waals surface area (Å²) in [5.41, 5.74) is -0.642. The lowest BCUT2D eigenvalue weighted by molar-refractivity contribution is -0.147. The number of nitrogens with zero attached hydrogens (tertiary/aromatic N) is 2. The molecular formula is C15H16F3N3O3S. The van der Waals surface area contributed by atoms with Crippen molar-refractivity contribution in [1.82, 2.24) is 14.9 Å². The first-order chi connectivity index (χ1) is 11.5. The van der Waals surface area contributed by atoms with Crippen molar-refractivity contribution in [3.8, 4) is 0 Å². The van der Waals surface area contributed by atoms with Gasteiger partial charge in [0, 0.05) is 0 Å². The van der Waals surface area contributed by atoms with E-state index in [1.165, 1.54) is 12.1 Å². The van der Waals surface area contributed by atoms with Crippen LogP contribution in [0.15, 0.2) is 24.3 Å². The summed E-state index contributed by atoms with van der Waals surface area (Å²) in [6.45, 7) is 0.983. The van der Waals surface area contributed by atoms with Crippen LogP contribution in [0.5, 0.6) is 0 Å². The molecule has 2 aromatic rings. The van der Waals surface area contributed by atoms with Crippen molar-refractivity contribution >= 4 is 26.8 Å². The second-order valence-electron chi connectivity index (χ2n) is 6.46. The summed E-state index contributed by atoms with van der Waals surface area (Å²) in [4.78, 5) is 15.9. The number of halogens is 3. The fraction of sp³-hybridized carbons (Fsp3) is 0.467. The van der Waals surface area contributed by atoms with E-state index in [-0.39, 0.29) is 29.0 Å². The smallest absolute Gasteiger partial charge is 0.348 e. The van der Waals surface area contributed by atoms with E-state index in [1.807, 2.05) is 0 Å². The number of imidazole rings is 1. The van der Waals surface area contributed by atoms with Crippen LogP contribution < -0.4 is 5.32 Å². The van der Waals surface area contributed by atoms with Gasteiger partial charge < -0.3 is 9.88 Å². The molecule has 0 spiro atoms. The van der Waals surface area contributed by atoms with Gasteiger partial charge in [-0.15, -0.1) is 0 Å². The molecule has 0 aliphatic carbocycles. The molecular weight excluding hydrogens is 359 g/mol. The quantitative estimate of drug-likeness (QED) is 0.886. The molecule has 25 heavy (non-hydrogen) atoms. The van der Waals surface area contributed by atoms with Crippen molar-refractivity contribution in [3.63, 3.8) is 0 Å². The van der Waals surface area contributed by atoms with E-state index >= 15 is 0 Å². The summed E-state index contributed by atoms with van der Waals surface area (Å²) >= 11 is 0. The number of rotatable bonds is 3. The SMILES string of the molecule is C[C@]1(NC(=O)Cn2c(C(F)(F)F)nc3ccccc32)CCS(=O)(=O)C1. The highest BCUT2D eigenvalue weighted by atomic mass is 32.2. The Hall–Kier alpha value is -2.10. The molecule has 3 rings (SSSR count). The summed E-state index contributed by atoms with van der Waals surface area (Å²) in [7, 11) is -3.24. The Labute approximate surface area is 141 Å². The molecule has 1 aromatic carbocycles. The molecule has 1 N–H and O–H groups in total. The van der Waals surface area contributed by atoms with Crippen molar-refractivity contribution in [2.45, 2.75) is 31.6 Å². The van der Waals surface area contributed by atoms with Crippen LogP contribution >= 0.6 is 0 Å². The number of carbonyl (C=O) groups is 1. The number of para-hydroxylation sites is 2. The monoisotopic (exact) mass is 375 g/mol. The fourth-order valence-electron chi connectivity index (χ4n) is 3.08. The number of aromatic nitrogens is 2. The molecule has 1 saturated heterocycles. The predicted molar refractivity (Wildman–Crippen MR) is 84.6 cm³/mol. The van der Waals surface area contributed by atoms with Crippen molar-refractivity contribution in [1.29, 1.82) is 0 Å². The zero-order valence-electron chi connectivity index (χ0n) is 13.3. The molecule has 0 bridgehead atoms. The third-order valence-electron chi connectivity index (χ3n) is 4.15. The minimum atomic E-state index is -4.71. The molecule has 0 radical (unpaired) electrons. The highest BCUT2D eigenvalue weighted by Gasteiger charge is 2.41. The van der Waals surface area contributed by atoms with Crippen molar-refractivity contribution < 1.29 is 26.4 Å². The largest absolute Gasteiger partial charge is 0.449 e. The van der Waals surface area contributed by atoms with Gasteiger partial charge in [0.15, 0.2) is 9.84 Å². The number of carbonyl (C=O) groups excluding carboxylic acids is 1. The van der Waals surface area contributed by atoms with E-state index in [0.29, 0.717) is 0 Å². The van der Waals surface area contributed by atoms with Gasteiger partial charge in [0.1, 0.15) is 6.54 Å². The molecule has 2 heterocycles. The van der Waals surface area contributed by atoms with Crippen molar-refractivity contribution in [3.05, 3.63) is 30.1 Å². The maximum absolute atomic E-state index is 13.2. The third kappa shape index (κ3) is 3.63. The normalized spacial score (nSPS) is 23.0. The Kier molecular flexibility index (Phi) is 4.05. The molecule has 6 nitrogen and oxygen atoms in total. The van der Waals surface area contributed by atoms with E-state index < -0.39 is 39.8 Å². The molecule has 1 aliphatic rings. The summed E-state index contributed by atoms with van der Waals surface area (Å²) in [6.07, 6.45) is -4.47. The van der Waals surface area contributed by atoms with Gasteiger partial charge in [-0.25, -0.2) is 13.4 Å². The standard InChI is InChI=1S/C15H16F3N3O3S/c1-14(6-7-25(23,24)9-14)20-12(22)8-21-11-5-3-2-4-10(11)19-13(21)15(16,17)18/h2-5H,6-9H2,1H3,(H,20,22)/t14-/m0/s1. The Balaban J connectivity index is 1.89. The molecule has 1 atom stereocenters. The second-order valence-corrected chi connectivity index (χ2v) is 8.64. The number of amides is 1. The Morgan fingerprint density at radius 1 is 1.36 bits per heavy atom. The molecule has 1 aromatic heterocycles. The third-order valence-corrected chi connectivity index (χ3v) is 6.06. The second kappa shape index (κ2) is 5.72. The van der Waals surface area contributed by atoms with Crippen LogP contribution in [0.1, 0.15) is 19.2 Å². The Bertz CT molecular complexity index is 936. The first-order valence-electron chi connectivity index (χ1n) is 7.53. The average Bonchev–Trinajstić information content (AvgIpc) is 2.96. The van der Waals surface area contributed by atoms with Gasteiger partial charge in [0.25, 0.3) is 0 Å². The van der Waals surface area contributed by atoms with Crippen LogP contribution in [0, 0.1) is 0 Å². The van der Waals surface area contributed by atoms with Gasteiger partial charge in [0.05, 0.1) is 28.1 Å². The molecule has 10 heteroatoms. The van der Waals surface area contributed by atoms with Gasteiger partial charge in [-0.05, 0) is 25.5 Å². The minimum absolute atomic E-state index is 0.0500. The van der Waals surface area contributed by atoms with E-state index in [4.69, 9.17) is 0 Å². The lowest BCUT2D eigenvalue weighted by atomic mass is 10.0. The lowest BCUT2D eigenvalue weighted by Gasteiger charge is -2.24. The summed E-state index contributed by atoms with van der Waals surface area (Å²) < 4.78 is 63.7. The van der Waals surface area contributed by atoms with Crippen molar-refractivity contribution in [2.24, 2.45) is 0 Å².